The van der Waals surface area contributed by atoms with Crippen LogP contribution in [0.1, 0.15) is 19.3 Å². The molecule has 2 rings (SSSR count). The Morgan fingerprint density at radius 1 is 1.67 bits per heavy atom. The summed E-state index contributed by atoms with van der Waals surface area (Å²) in [5.74, 6) is 0.781. The summed E-state index contributed by atoms with van der Waals surface area (Å²) in [4.78, 5) is 14.9. The van der Waals surface area contributed by atoms with Crippen LogP contribution in [-0.4, -0.2) is 43.0 Å². The number of carbonyl (C=O) groups is 1. The van der Waals surface area contributed by atoms with E-state index in [2.05, 4.69) is 17.3 Å². The van der Waals surface area contributed by atoms with Gasteiger partial charge in [-0.25, -0.2) is 0 Å². The van der Waals surface area contributed by atoms with Crippen LogP contribution in [0.4, 0.5) is 0 Å². The number of hydrogen-bond acceptors (Lipinski definition) is 3. The van der Waals surface area contributed by atoms with Gasteiger partial charge in [-0.3, -0.25) is 4.79 Å². The van der Waals surface area contributed by atoms with Crippen molar-refractivity contribution in [3.63, 3.8) is 0 Å². The average Bonchev–Trinajstić information content (AvgIpc) is 2.96. The molecule has 0 unspecified atom stereocenters. The number of carbonyl (C=O) groups excluding carboxylic acids is 1. The normalized spacial score (nSPS) is 19.8. The van der Waals surface area contributed by atoms with Crippen molar-refractivity contribution in [2.45, 2.75) is 19.3 Å². The van der Waals surface area contributed by atoms with E-state index in [1.165, 1.54) is 18.5 Å². The molecule has 1 aliphatic carbocycles. The van der Waals surface area contributed by atoms with Gasteiger partial charge in [0.15, 0.2) is 0 Å². The number of hydrogen-bond donors (Lipinski definition) is 1. The van der Waals surface area contributed by atoms with E-state index in [1.54, 1.807) is 0 Å². The number of nitrogens with one attached hydrogen (secondary N) is 1. The molecular weight excluding hydrogens is 190 g/mol. The topological polar surface area (TPSA) is 35.6 Å². The Bertz CT molecular complexity index is 261. The quantitative estimate of drug-likeness (QED) is 0.650. The van der Waals surface area contributed by atoms with Gasteiger partial charge in [0.05, 0.1) is 6.67 Å². The van der Waals surface area contributed by atoms with E-state index in [1.807, 2.05) is 11.1 Å². The summed E-state index contributed by atoms with van der Waals surface area (Å²) in [5, 5.41) is 3.17. The Morgan fingerprint density at radius 3 is 3.00 bits per heavy atom. The van der Waals surface area contributed by atoms with E-state index in [0.717, 1.165) is 38.5 Å². The van der Waals surface area contributed by atoms with Crippen LogP contribution >= 0.6 is 0 Å². The third-order valence-electron chi connectivity index (χ3n) is 3.08. The molecule has 1 N–H and O–H groups in total. The zero-order valence-corrected chi connectivity index (χ0v) is 9.28. The van der Waals surface area contributed by atoms with Crippen LogP contribution in [0.25, 0.3) is 0 Å². The summed E-state index contributed by atoms with van der Waals surface area (Å²) in [7, 11) is 2.07. The van der Waals surface area contributed by atoms with E-state index in [4.69, 9.17) is 0 Å². The molecule has 4 heteroatoms. The molecule has 2 aliphatic rings. The van der Waals surface area contributed by atoms with Gasteiger partial charge in [-0.15, -0.1) is 0 Å². The summed E-state index contributed by atoms with van der Waals surface area (Å²) in [5.41, 5.74) is 1.29. The van der Waals surface area contributed by atoms with Crippen LogP contribution in [0.3, 0.4) is 0 Å². The number of nitrogens with zero attached hydrogens (tertiary/aromatic N) is 2. The van der Waals surface area contributed by atoms with E-state index in [9.17, 15) is 4.79 Å². The molecule has 0 bridgehead atoms. The molecule has 0 aromatic rings. The molecule has 15 heavy (non-hydrogen) atoms. The third kappa shape index (κ3) is 2.88. The molecule has 0 aromatic carbocycles. The Balaban J connectivity index is 1.72. The highest BCUT2D eigenvalue weighted by Gasteiger charge is 2.23. The van der Waals surface area contributed by atoms with Crippen molar-refractivity contribution in [3.05, 3.63) is 11.9 Å². The van der Waals surface area contributed by atoms with E-state index in [-0.39, 0.29) is 0 Å². The van der Waals surface area contributed by atoms with Crippen molar-refractivity contribution in [3.8, 4) is 0 Å². The Morgan fingerprint density at radius 2 is 2.47 bits per heavy atom. The van der Waals surface area contributed by atoms with Gasteiger partial charge in [-0.1, -0.05) is 0 Å². The Labute approximate surface area is 90.9 Å². The molecule has 84 valence electrons. The van der Waals surface area contributed by atoms with Crippen molar-refractivity contribution in [2.75, 3.05) is 26.8 Å². The van der Waals surface area contributed by atoms with E-state index < -0.39 is 0 Å². The molecule has 1 fully saturated rings. The van der Waals surface area contributed by atoms with Gasteiger partial charge in [0.1, 0.15) is 0 Å². The first-order valence-electron chi connectivity index (χ1n) is 5.62. The smallest absolute Gasteiger partial charge is 0.209 e. The summed E-state index contributed by atoms with van der Waals surface area (Å²) in [6, 6.07) is 0. The van der Waals surface area contributed by atoms with Crippen LogP contribution in [0.15, 0.2) is 11.9 Å². The number of amides is 1. The van der Waals surface area contributed by atoms with Crippen molar-refractivity contribution in [1.82, 2.24) is 15.1 Å². The van der Waals surface area contributed by atoms with Crippen molar-refractivity contribution in [2.24, 2.45) is 5.92 Å². The first-order chi connectivity index (χ1) is 7.29. The maximum atomic E-state index is 10.8. The highest BCUT2D eigenvalue weighted by atomic mass is 16.1. The molecule has 1 amide bonds. The van der Waals surface area contributed by atoms with E-state index >= 15 is 0 Å². The Kier molecular flexibility index (Phi) is 3.14. The van der Waals surface area contributed by atoms with Crippen LogP contribution in [0.5, 0.6) is 0 Å². The molecule has 1 heterocycles. The van der Waals surface area contributed by atoms with Crippen LogP contribution in [0, 0.1) is 5.92 Å². The van der Waals surface area contributed by atoms with Crippen molar-refractivity contribution >= 4 is 6.41 Å². The fourth-order valence-electron chi connectivity index (χ4n) is 1.85. The summed E-state index contributed by atoms with van der Waals surface area (Å²) < 4.78 is 0. The summed E-state index contributed by atoms with van der Waals surface area (Å²) >= 11 is 0. The zero-order chi connectivity index (χ0) is 10.7. The molecule has 0 aromatic heterocycles. The van der Waals surface area contributed by atoms with Gasteiger partial charge in [0.2, 0.25) is 6.41 Å². The van der Waals surface area contributed by atoms with Gasteiger partial charge in [0.25, 0.3) is 0 Å². The van der Waals surface area contributed by atoms with Gasteiger partial charge in [-0.2, -0.15) is 0 Å². The standard InChI is InChI=1S/C11H19N3O/c1-13-8-12-6-11(13)4-5-14(9-15)7-10-2-3-10/h6,9-10,12H,2-5,7-8H2,1H3. The maximum Gasteiger partial charge on any atom is 0.209 e. The van der Waals surface area contributed by atoms with Crippen LogP contribution < -0.4 is 5.32 Å². The Hall–Kier alpha value is -1.19. The highest BCUT2D eigenvalue weighted by molar-refractivity contribution is 5.47. The predicted molar refractivity (Wildman–Crippen MR) is 58.8 cm³/mol. The van der Waals surface area contributed by atoms with Gasteiger partial charge in [0, 0.05) is 38.5 Å². The first kappa shape index (κ1) is 10.3. The summed E-state index contributed by atoms with van der Waals surface area (Å²) in [6.45, 7) is 2.69. The highest BCUT2D eigenvalue weighted by Crippen LogP contribution is 2.29. The second-order valence-corrected chi connectivity index (χ2v) is 4.49. The van der Waals surface area contributed by atoms with Crippen molar-refractivity contribution in [1.29, 1.82) is 0 Å². The lowest BCUT2D eigenvalue weighted by Gasteiger charge is -2.20. The second-order valence-electron chi connectivity index (χ2n) is 4.49. The van der Waals surface area contributed by atoms with E-state index in [0.29, 0.717) is 0 Å². The van der Waals surface area contributed by atoms with Crippen LogP contribution in [-0.2, 0) is 4.79 Å². The maximum absolute atomic E-state index is 10.8. The predicted octanol–water partition coefficient (Wildman–Crippen LogP) is 0.579. The molecule has 0 spiro atoms. The minimum atomic E-state index is 0.781. The zero-order valence-electron chi connectivity index (χ0n) is 9.28. The molecule has 1 aliphatic heterocycles. The molecular formula is C11H19N3O. The van der Waals surface area contributed by atoms with Gasteiger partial charge in [-0.05, 0) is 18.8 Å². The fraction of sp³-hybridized carbons (Fsp3) is 0.727. The minimum Gasteiger partial charge on any atom is -0.372 e. The average molecular weight is 209 g/mol. The molecule has 0 saturated heterocycles. The fourth-order valence-corrected chi connectivity index (χ4v) is 1.85. The monoisotopic (exact) mass is 209 g/mol. The first-order valence-corrected chi connectivity index (χ1v) is 5.62. The molecule has 0 radical (unpaired) electrons. The summed E-state index contributed by atoms with van der Waals surface area (Å²) in [6.07, 6.45) is 6.58. The van der Waals surface area contributed by atoms with Gasteiger partial charge < -0.3 is 15.1 Å². The van der Waals surface area contributed by atoms with Gasteiger partial charge >= 0.3 is 0 Å². The lowest BCUT2D eigenvalue weighted by atomic mass is 10.3. The molecule has 4 nitrogen and oxygen atoms in total. The molecule has 0 atom stereocenters. The SMILES string of the molecule is CN1CNC=C1CCN(C=O)CC1CC1. The number of rotatable bonds is 6. The van der Waals surface area contributed by atoms with Crippen molar-refractivity contribution < 1.29 is 4.79 Å². The minimum absolute atomic E-state index is 0.781. The lowest BCUT2D eigenvalue weighted by molar-refractivity contribution is -0.118. The second kappa shape index (κ2) is 4.55. The molecule has 1 saturated carbocycles. The lowest BCUT2D eigenvalue weighted by Crippen LogP contribution is -2.27. The third-order valence-corrected chi connectivity index (χ3v) is 3.08. The van der Waals surface area contributed by atoms with Crippen LogP contribution in [0.2, 0.25) is 0 Å². The largest absolute Gasteiger partial charge is 0.372 e.